The van der Waals surface area contributed by atoms with Gasteiger partial charge in [0.15, 0.2) is 0 Å². The van der Waals surface area contributed by atoms with Gasteiger partial charge in [-0.1, -0.05) is 51.1 Å². The van der Waals surface area contributed by atoms with Crippen molar-refractivity contribution in [1.29, 1.82) is 0 Å². The Bertz CT molecular complexity index is 1120. The number of piperazine rings is 1. The van der Waals surface area contributed by atoms with Gasteiger partial charge in [-0.05, 0) is 41.2 Å². The highest BCUT2D eigenvalue weighted by molar-refractivity contribution is 7.89. The van der Waals surface area contributed by atoms with Crippen LogP contribution in [0.3, 0.4) is 0 Å². The maximum Gasteiger partial charge on any atom is 0.253 e. The van der Waals surface area contributed by atoms with E-state index in [4.69, 9.17) is 4.74 Å². The molecular formula is C27H37N3O4S. The van der Waals surface area contributed by atoms with Crippen molar-refractivity contribution in [3.8, 4) is 0 Å². The molecule has 2 fully saturated rings. The van der Waals surface area contributed by atoms with Crippen LogP contribution in [-0.4, -0.2) is 80.9 Å². The molecule has 1 amide bonds. The van der Waals surface area contributed by atoms with E-state index in [-0.39, 0.29) is 10.8 Å². The first kappa shape index (κ1) is 25.8. The standard InChI is InChI=1S/C27H37N3O4S/c1-4-23-9-10-25(19-26(23)35(32,33)30-15-17-34-18-16-30)27(31)29-13-11-28(12-14-29)20-22-5-7-24(8-6-22)21(2)3/h5-10,19,21H,4,11-18,20H2,1-3H3. The summed E-state index contributed by atoms with van der Waals surface area (Å²) in [6.07, 6.45) is 0.587. The van der Waals surface area contributed by atoms with Gasteiger partial charge in [0.2, 0.25) is 10.0 Å². The molecule has 2 aromatic carbocycles. The molecule has 0 bridgehead atoms. The van der Waals surface area contributed by atoms with Crippen LogP contribution < -0.4 is 0 Å². The Morgan fingerprint density at radius 1 is 0.943 bits per heavy atom. The van der Waals surface area contributed by atoms with Crippen LogP contribution in [-0.2, 0) is 27.7 Å². The Morgan fingerprint density at radius 2 is 1.60 bits per heavy atom. The molecule has 35 heavy (non-hydrogen) atoms. The first-order valence-corrected chi connectivity index (χ1v) is 14.0. The molecule has 0 aliphatic carbocycles. The molecule has 190 valence electrons. The van der Waals surface area contributed by atoms with E-state index < -0.39 is 10.0 Å². The minimum atomic E-state index is -3.67. The number of aryl methyl sites for hydroxylation is 1. The third-order valence-corrected chi connectivity index (χ3v) is 8.98. The van der Waals surface area contributed by atoms with Gasteiger partial charge < -0.3 is 9.64 Å². The fourth-order valence-corrected chi connectivity index (χ4v) is 6.43. The lowest BCUT2D eigenvalue weighted by molar-refractivity contribution is 0.0628. The zero-order valence-corrected chi connectivity index (χ0v) is 21.9. The average molecular weight is 500 g/mol. The molecule has 0 spiro atoms. The number of nitrogens with zero attached hydrogens (tertiary/aromatic N) is 3. The maximum absolute atomic E-state index is 13.3. The first-order chi connectivity index (χ1) is 16.8. The monoisotopic (exact) mass is 499 g/mol. The quantitative estimate of drug-likeness (QED) is 0.584. The van der Waals surface area contributed by atoms with Gasteiger partial charge in [0.05, 0.1) is 18.1 Å². The fourth-order valence-electron chi connectivity index (χ4n) is 4.70. The number of hydrogen-bond acceptors (Lipinski definition) is 5. The molecule has 2 heterocycles. The van der Waals surface area contributed by atoms with Crippen LogP contribution >= 0.6 is 0 Å². The number of sulfonamides is 1. The largest absolute Gasteiger partial charge is 0.379 e. The summed E-state index contributed by atoms with van der Waals surface area (Å²) < 4.78 is 33.4. The smallest absolute Gasteiger partial charge is 0.253 e. The predicted octanol–water partition coefficient (Wildman–Crippen LogP) is 3.35. The zero-order valence-electron chi connectivity index (χ0n) is 21.1. The fraction of sp³-hybridized carbons (Fsp3) is 0.519. The van der Waals surface area contributed by atoms with Crippen molar-refractivity contribution in [3.05, 3.63) is 64.7 Å². The third-order valence-electron chi connectivity index (χ3n) is 6.99. The molecule has 2 aliphatic heterocycles. The minimum Gasteiger partial charge on any atom is -0.379 e. The second-order valence-electron chi connectivity index (χ2n) is 9.66. The van der Waals surface area contributed by atoms with E-state index in [1.54, 1.807) is 18.2 Å². The van der Waals surface area contributed by atoms with Gasteiger partial charge in [-0.3, -0.25) is 9.69 Å². The summed E-state index contributed by atoms with van der Waals surface area (Å²) in [4.78, 5) is 17.7. The van der Waals surface area contributed by atoms with Crippen LogP contribution in [0, 0.1) is 0 Å². The van der Waals surface area contributed by atoms with Crippen molar-refractivity contribution in [2.75, 3.05) is 52.5 Å². The van der Waals surface area contributed by atoms with Gasteiger partial charge in [0, 0.05) is 51.4 Å². The molecule has 2 saturated heterocycles. The van der Waals surface area contributed by atoms with E-state index in [0.717, 1.165) is 25.2 Å². The van der Waals surface area contributed by atoms with E-state index >= 15 is 0 Å². The molecule has 8 heteroatoms. The van der Waals surface area contributed by atoms with Gasteiger partial charge in [-0.25, -0.2) is 8.42 Å². The number of carbonyl (C=O) groups is 1. The van der Waals surface area contributed by atoms with Crippen LogP contribution in [0.5, 0.6) is 0 Å². The van der Waals surface area contributed by atoms with Crippen LogP contribution in [0.25, 0.3) is 0 Å². The SMILES string of the molecule is CCc1ccc(C(=O)N2CCN(Cc3ccc(C(C)C)cc3)CC2)cc1S(=O)(=O)N1CCOCC1. The van der Waals surface area contributed by atoms with Crippen molar-refractivity contribution in [1.82, 2.24) is 14.1 Å². The normalized spacial score (nSPS) is 18.2. The number of carbonyl (C=O) groups excluding carboxylic acids is 1. The lowest BCUT2D eigenvalue weighted by atomic mass is 10.0. The molecule has 0 aromatic heterocycles. The average Bonchev–Trinajstić information content (AvgIpc) is 2.89. The highest BCUT2D eigenvalue weighted by Gasteiger charge is 2.30. The zero-order chi connectivity index (χ0) is 25.0. The van der Waals surface area contributed by atoms with Crippen molar-refractivity contribution < 1.29 is 17.9 Å². The first-order valence-electron chi connectivity index (χ1n) is 12.6. The molecule has 0 radical (unpaired) electrons. The molecule has 7 nitrogen and oxygen atoms in total. The summed E-state index contributed by atoms with van der Waals surface area (Å²) in [6, 6.07) is 13.9. The molecule has 0 N–H and O–H groups in total. The minimum absolute atomic E-state index is 0.105. The Hall–Kier alpha value is -2.26. The summed E-state index contributed by atoms with van der Waals surface area (Å²) >= 11 is 0. The topological polar surface area (TPSA) is 70.2 Å². The summed E-state index contributed by atoms with van der Waals surface area (Å²) in [6.45, 7) is 11.5. The van der Waals surface area contributed by atoms with Gasteiger partial charge in [-0.15, -0.1) is 0 Å². The predicted molar refractivity (Wildman–Crippen MR) is 137 cm³/mol. The van der Waals surface area contributed by atoms with Crippen LogP contribution in [0.2, 0.25) is 0 Å². The second-order valence-corrected chi connectivity index (χ2v) is 11.6. The molecule has 0 unspecified atom stereocenters. The van der Waals surface area contributed by atoms with Crippen molar-refractivity contribution in [3.63, 3.8) is 0 Å². The number of morpholine rings is 1. The number of hydrogen-bond donors (Lipinski definition) is 0. The third kappa shape index (κ3) is 5.94. The van der Waals surface area contributed by atoms with E-state index in [1.165, 1.54) is 15.4 Å². The molecule has 4 rings (SSSR count). The summed E-state index contributed by atoms with van der Waals surface area (Å²) in [7, 11) is -3.67. The molecule has 0 atom stereocenters. The Kier molecular flexibility index (Phi) is 8.27. The highest BCUT2D eigenvalue weighted by Crippen LogP contribution is 2.25. The summed E-state index contributed by atoms with van der Waals surface area (Å²) in [5, 5.41) is 0. The van der Waals surface area contributed by atoms with E-state index in [0.29, 0.717) is 57.3 Å². The van der Waals surface area contributed by atoms with Crippen LogP contribution in [0.1, 0.15) is 53.7 Å². The molecule has 0 saturated carbocycles. The van der Waals surface area contributed by atoms with Crippen molar-refractivity contribution >= 4 is 15.9 Å². The molecular weight excluding hydrogens is 462 g/mol. The Morgan fingerprint density at radius 3 is 2.20 bits per heavy atom. The van der Waals surface area contributed by atoms with Crippen molar-refractivity contribution in [2.24, 2.45) is 0 Å². The Labute approximate surface area is 209 Å². The summed E-state index contributed by atoms with van der Waals surface area (Å²) in [5.74, 6) is 0.418. The highest BCUT2D eigenvalue weighted by atomic mass is 32.2. The number of rotatable bonds is 7. The van der Waals surface area contributed by atoms with Gasteiger partial charge in [-0.2, -0.15) is 4.31 Å². The molecule has 2 aliphatic rings. The van der Waals surface area contributed by atoms with Crippen molar-refractivity contribution in [2.45, 2.75) is 44.6 Å². The number of benzene rings is 2. The van der Waals surface area contributed by atoms with Gasteiger partial charge >= 0.3 is 0 Å². The lowest BCUT2D eigenvalue weighted by Crippen LogP contribution is -2.48. The Balaban J connectivity index is 1.42. The maximum atomic E-state index is 13.3. The number of amides is 1. The van der Waals surface area contributed by atoms with E-state index in [2.05, 4.69) is 43.0 Å². The van der Waals surface area contributed by atoms with Crippen LogP contribution in [0.4, 0.5) is 0 Å². The molecule has 2 aromatic rings. The summed E-state index contributed by atoms with van der Waals surface area (Å²) in [5.41, 5.74) is 3.80. The number of ether oxygens (including phenoxy) is 1. The second kappa shape index (κ2) is 11.2. The van der Waals surface area contributed by atoms with Gasteiger partial charge in [0.25, 0.3) is 5.91 Å². The van der Waals surface area contributed by atoms with E-state index in [1.807, 2.05) is 11.8 Å². The van der Waals surface area contributed by atoms with Crippen LogP contribution in [0.15, 0.2) is 47.4 Å². The van der Waals surface area contributed by atoms with Gasteiger partial charge in [0.1, 0.15) is 0 Å². The lowest BCUT2D eigenvalue weighted by Gasteiger charge is -2.35. The van der Waals surface area contributed by atoms with E-state index in [9.17, 15) is 13.2 Å².